The van der Waals surface area contributed by atoms with Crippen LogP contribution < -0.4 is 5.73 Å². The largest absolute Gasteiger partial charge is 0.395 e. The summed E-state index contributed by atoms with van der Waals surface area (Å²) in [7, 11) is 0. The number of aliphatic hydroxyl groups is 1. The number of hydrogen-bond donors (Lipinski definition) is 2. The third-order valence-corrected chi connectivity index (χ3v) is 4.15. The topological polar surface area (TPSA) is 46.2 Å². The Morgan fingerprint density at radius 1 is 1.47 bits per heavy atom. The van der Waals surface area contributed by atoms with Crippen LogP contribution in [-0.4, -0.2) is 17.0 Å². The van der Waals surface area contributed by atoms with Crippen LogP contribution >= 0.6 is 27.7 Å². The summed E-state index contributed by atoms with van der Waals surface area (Å²) < 4.78 is 1.04. The molecule has 1 unspecified atom stereocenters. The van der Waals surface area contributed by atoms with Gasteiger partial charge >= 0.3 is 0 Å². The molecule has 0 fully saturated rings. The lowest BCUT2D eigenvalue weighted by atomic mass is 10.1. The van der Waals surface area contributed by atoms with Gasteiger partial charge in [0.25, 0.3) is 0 Å². The molecule has 15 heavy (non-hydrogen) atoms. The van der Waals surface area contributed by atoms with E-state index in [1.807, 2.05) is 32.0 Å². The van der Waals surface area contributed by atoms with Crippen LogP contribution in [0.25, 0.3) is 0 Å². The maximum Gasteiger partial charge on any atom is 0.0550 e. The lowest BCUT2D eigenvalue weighted by molar-refractivity contribution is 0.300. The van der Waals surface area contributed by atoms with Crippen LogP contribution in [0.15, 0.2) is 27.6 Å². The lowest BCUT2D eigenvalue weighted by Crippen LogP contribution is -2.05. The van der Waals surface area contributed by atoms with Gasteiger partial charge in [0.2, 0.25) is 0 Å². The molecule has 1 rings (SSSR count). The van der Waals surface area contributed by atoms with Crippen molar-refractivity contribution in [2.45, 2.75) is 30.0 Å². The van der Waals surface area contributed by atoms with Gasteiger partial charge < -0.3 is 10.8 Å². The van der Waals surface area contributed by atoms with Crippen molar-refractivity contribution in [1.82, 2.24) is 0 Å². The Balaban J connectivity index is 2.83. The van der Waals surface area contributed by atoms with E-state index in [0.717, 1.165) is 14.9 Å². The third-order valence-electron chi connectivity index (χ3n) is 2.07. The monoisotopic (exact) mass is 289 g/mol. The zero-order chi connectivity index (χ0) is 11.4. The summed E-state index contributed by atoms with van der Waals surface area (Å²) in [6, 6.07) is 6.16. The molecular weight excluding hydrogens is 274 g/mol. The number of benzene rings is 1. The van der Waals surface area contributed by atoms with Gasteiger partial charge in [0.15, 0.2) is 0 Å². The highest BCUT2D eigenvalue weighted by atomic mass is 79.9. The fourth-order valence-electron chi connectivity index (χ4n) is 1.15. The number of hydrogen-bond acceptors (Lipinski definition) is 3. The molecule has 2 atom stereocenters. The van der Waals surface area contributed by atoms with Crippen LogP contribution in [0.5, 0.6) is 0 Å². The number of aliphatic hydroxyl groups excluding tert-OH is 1. The van der Waals surface area contributed by atoms with E-state index in [0.29, 0.717) is 0 Å². The number of thioether (sulfide) groups is 1. The average molecular weight is 290 g/mol. The van der Waals surface area contributed by atoms with Crippen molar-refractivity contribution >= 4 is 27.7 Å². The summed E-state index contributed by atoms with van der Waals surface area (Å²) in [5, 5.41) is 9.18. The van der Waals surface area contributed by atoms with Crippen LogP contribution in [0.1, 0.15) is 25.5 Å². The minimum atomic E-state index is 0.0515. The van der Waals surface area contributed by atoms with Gasteiger partial charge in [-0.25, -0.2) is 0 Å². The van der Waals surface area contributed by atoms with Gasteiger partial charge in [-0.2, -0.15) is 0 Å². The minimum Gasteiger partial charge on any atom is -0.395 e. The van der Waals surface area contributed by atoms with E-state index in [2.05, 4.69) is 15.9 Å². The van der Waals surface area contributed by atoms with Gasteiger partial charge in [-0.3, -0.25) is 0 Å². The Bertz CT molecular complexity index is 330. The molecule has 0 aliphatic carbocycles. The van der Waals surface area contributed by atoms with Crippen molar-refractivity contribution in [2.24, 2.45) is 5.73 Å². The first kappa shape index (κ1) is 13.0. The van der Waals surface area contributed by atoms with Gasteiger partial charge in [0.1, 0.15) is 0 Å². The Morgan fingerprint density at radius 2 is 2.13 bits per heavy atom. The van der Waals surface area contributed by atoms with Gasteiger partial charge in [0, 0.05) is 20.7 Å². The number of nitrogens with two attached hydrogens (primary N) is 1. The summed E-state index contributed by atoms with van der Waals surface area (Å²) in [6.45, 7) is 4.15. The first-order chi connectivity index (χ1) is 7.04. The highest BCUT2D eigenvalue weighted by Crippen LogP contribution is 2.32. The molecule has 0 saturated heterocycles. The Hall–Kier alpha value is -0.0300. The Labute approximate surface area is 103 Å². The first-order valence-electron chi connectivity index (χ1n) is 4.87. The summed E-state index contributed by atoms with van der Waals surface area (Å²) in [5.41, 5.74) is 6.91. The first-order valence-corrected chi connectivity index (χ1v) is 6.54. The van der Waals surface area contributed by atoms with E-state index in [1.165, 1.54) is 0 Å². The molecule has 0 saturated carbocycles. The van der Waals surface area contributed by atoms with Gasteiger partial charge in [-0.05, 0) is 40.5 Å². The van der Waals surface area contributed by atoms with Crippen molar-refractivity contribution < 1.29 is 5.11 Å². The standard InChI is InChI=1S/C11H16BrNOS/c1-7(6-14)15-11-4-3-9(8(2)13)5-10(11)12/h3-5,7-8,14H,6,13H2,1-2H3/t7?,8-/m1/s1. The highest BCUT2D eigenvalue weighted by molar-refractivity contribution is 9.10. The maximum absolute atomic E-state index is 8.97. The molecular formula is C11H16BrNOS. The molecule has 0 aromatic heterocycles. The van der Waals surface area contributed by atoms with Crippen molar-refractivity contribution in [3.8, 4) is 0 Å². The molecule has 0 bridgehead atoms. The molecule has 2 nitrogen and oxygen atoms in total. The van der Waals surface area contributed by atoms with Gasteiger partial charge in [-0.1, -0.05) is 13.0 Å². The third kappa shape index (κ3) is 3.79. The van der Waals surface area contributed by atoms with Crippen LogP contribution in [0.4, 0.5) is 0 Å². The van der Waals surface area contributed by atoms with Gasteiger partial charge in [0.05, 0.1) is 6.61 Å². The Kier molecular flexibility index (Phi) is 5.12. The SMILES string of the molecule is CC(CO)Sc1ccc([C@@H](C)N)cc1Br. The van der Waals surface area contributed by atoms with Crippen LogP contribution in [-0.2, 0) is 0 Å². The maximum atomic E-state index is 8.97. The molecule has 0 heterocycles. The zero-order valence-corrected chi connectivity index (χ0v) is 11.3. The fraction of sp³-hybridized carbons (Fsp3) is 0.455. The molecule has 1 aromatic carbocycles. The predicted molar refractivity (Wildman–Crippen MR) is 69.1 cm³/mol. The Morgan fingerprint density at radius 3 is 2.60 bits per heavy atom. The number of rotatable bonds is 4. The van der Waals surface area contributed by atoms with Gasteiger partial charge in [-0.15, -0.1) is 11.8 Å². The molecule has 0 radical (unpaired) electrons. The van der Waals surface area contributed by atoms with Crippen molar-refractivity contribution in [3.63, 3.8) is 0 Å². The molecule has 3 N–H and O–H groups in total. The van der Waals surface area contributed by atoms with Crippen LogP contribution in [0, 0.1) is 0 Å². The quantitative estimate of drug-likeness (QED) is 0.838. The smallest absolute Gasteiger partial charge is 0.0550 e. The second-order valence-corrected chi connectivity index (χ2v) is 5.92. The van der Waals surface area contributed by atoms with E-state index in [1.54, 1.807) is 11.8 Å². The summed E-state index contributed by atoms with van der Waals surface area (Å²) >= 11 is 5.17. The fourth-order valence-corrected chi connectivity index (χ4v) is 2.65. The average Bonchev–Trinajstić information content (AvgIpc) is 2.20. The molecule has 0 aliphatic rings. The molecule has 0 aliphatic heterocycles. The van der Waals surface area contributed by atoms with Crippen molar-refractivity contribution in [2.75, 3.05) is 6.61 Å². The van der Waals surface area contributed by atoms with Crippen LogP contribution in [0.2, 0.25) is 0 Å². The molecule has 0 amide bonds. The second-order valence-electron chi connectivity index (χ2n) is 3.59. The highest BCUT2D eigenvalue weighted by Gasteiger charge is 2.08. The summed E-state index contributed by atoms with van der Waals surface area (Å²) in [6.07, 6.45) is 0. The normalized spacial score (nSPS) is 15.0. The number of halogens is 1. The van der Waals surface area contributed by atoms with Crippen molar-refractivity contribution in [3.05, 3.63) is 28.2 Å². The minimum absolute atomic E-state index is 0.0515. The van der Waals surface area contributed by atoms with Crippen LogP contribution in [0.3, 0.4) is 0 Å². The van der Waals surface area contributed by atoms with E-state index in [-0.39, 0.29) is 17.9 Å². The molecule has 4 heteroatoms. The summed E-state index contributed by atoms with van der Waals surface area (Å²) in [5.74, 6) is 0. The lowest BCUT2D eigenvalue weighted by Gasteiger charge is -2.12. The predicted octanol–water partition coefficient (Wildman–Crippen LogP) is 2.94. The molecule has 0 spiro atoms. The van der Waals surface area contributed by atoms with E-state index in [4.69, 9.17) is 10.8 Å². The van der Waals surface area contributed by atoms with E-state index in [9.17, 15) is 0 Å². The van der Waals surface area contributed by atoms with E-state index >= 15 is 0 Å². The molecule has 84 valence electrons. The second kappa shape index (κ2) is 5.89. The van der Waals surface area contributed by atoms with E-state index < -0.39 is 0 Å². The zero-order valence-electron chi connectivity index (χ0n) is 8.90. The van der Waals surface area contributed by atoms with Crippen molar-refractivity contribution in [1.29, 1.82) is 0 Å². The molecule has 1 aromatic rings. The summed E-state index contributed by atoms with van der Waals surface area (Å²) in [4.78, 5) is 1.14.